The molecule has 0 radical (unpaired) electrons. The van der Waals surface area contributed by atoms with Crippen LogP contribution in [0, 0.1) is 0 Å². The van der Waals surface area contributed by atoms with Gasteiger partial charge in [0.05, 0.1) is 25.4 Å². The Morgan fingerprint density at radius 3 is 2.68 bits per heavy atom. The smallest absolute Gasteiger partial charge is 0.191 e. The number of benzene rings is 1. The molecule has 4 rings (SSSR count). The zero-order valence-corrected chi connectivity index (χ0v) is 21.2. The molecular weight excluding hydrogens is 523 g/mol. The first kappa shape index (κ1) is 24.3. The standard InChI is InChI=1S/C23H32N4O2S.HI/c1-24-23(25-16-18-6-2-3-9-21(18)29-19-7-4-8-19)26-17-20(22-10-5-15-30-22)27-11-13-28-14-12-27;/h2-3,5-6,9-10,15,19-20H,4,7-8,11-14,16-17H2,1H3,(H2,24,25,26);1H. The number of hydrogen-bond acceptors (Lipinski definition) is 5. The number of ether oxygens (including phenoxy) is 2. The molecule has 6 nitrogen and oxygen atoms in total. The number of nitrogens with zero attached hydrogens (tertiary/aromatic N) is 2. The molecule has 1 aromatic heterocycles. The Morgan fingerprint density at radius 1 is 1.19 bits per heavy atom. The van der Waals surface area contributed by atoms with Crippen molar-refractivity contribution >= 4 is 41.3 Å². The molecule has 2 N–H and O–H groups in total. The number of rotatable bonds is 8. The fourth-order valence-electron chi connectivity index (χ4n) is 3.81. The summed E-state index contributed by atoms with van der Waals surface area (Å²) in [7, 11) is 1.82. The summed E-state index contributed by atoms with van der Waals surface area (Å²) in [6.45, 7) is 5.01. The van der Waals surface area contributed by atoms with Gasteiger partial charge in [-0.1, -0.05) is 24.3 Å². The zero-order chi connectivity index (χ0) is 20.6. The third kappa shape index (κ3) is 6.81. The molecule has 2 aromatic rings. The molecule has 1 atom stereocenters. The van der Waals surface area contributed by atoms with E-state index in [0.717, 1.165) is 63.0 Å². The molecule has 1 saturated heterocycles. The van der Waals surface area contributed by atoms with E-state index in [1.54, 1.807) is 0 Å². The van der Waals surface area contributed by atoms with Crippen LogP contribution in [0.2, 0.25) is 0 Å². The second-order valence-electron chi connectivity index (χ2n) is 7.76. The molecule has 8 heteroatoms. The molecule has 0 amide bonds. The fourth-order valence-corrected chi connectivity index (χ4v) is 4.67. The summed E-state index contributed by atoms with van der Waals surface area (Å²) in [6.07, 6.45) is 3.98. The summed E-state index contributed by atoms with van der Waals surface area (Å²) in [4.78, 5) is 8.30. The van der Waals surface area contributed by atoms with Gasteiger partial charge in [0, 0.05) is 43.7 Å². The van der Waals surface area contributed by atoms with Gasteiger partial charge < -0.3 is 20.1 Å². The maximum atomic E-state index is 6.16. The predicted octanol–water partition coefficient (Wildman–Crippen LogP) is 4.04. The lowest BCUT2D eigenvalue weighted by molar-refractivity contribution is 0.0177. The Morgan fingerprint density at radius 2 is 2.00 bits per heavy atom. The average Bonchev–Trinajstić information content (AvgIpc) is 3.29. The van der Waals surface area contributed by atoms with E-state index in [9.17, 15) is 0 Å². The second-order valence-corrected chi connectivity index (χ2v) is 8.74. The van der Waals surface area contributed by atoms with Crippen molar-refractivity contribution in [1.29, 1.82) is 0 Å². The Bertz CT molecular complexity index is 808. The molecule has 1 aliphatic heterocycles. The third-order valence-corrected chi connectivity index (χ3v) is 6.78. The highest BCUT2D eigenvalue weighted by Gasteiger charge is 2.24. The Hall–Kier alpha value is -1.36. The van der Waals surface area contributed by atoms with E-state index >= 15 is 0 Å². The van der Waals surface area contributed by atoms with E-state index in [1.165, 1.54) is 11.3 Å². The summed E-state index contributed by atoms with van der Waals surface area (Å²) in [5.41, 5.74) is 1.16. The monoisotopic (exact) mass is 556 g/mol. The van der Waals surface area contributed by atoms with Crippen LogP contribution in [0.25, 0.3) is 0 Å². The van der Waals surface area contributed by atoms with Gasteiger partial charge in [-0.05, 0) is 36.8 Å². The lowest BCUT2D eigenvalue weighted by atomic mass is 9.96. The van der Waals surface area contributed by atoms with Crippen molar-refractivity contribution in [3.05, 3.63) is 52.2 Å². The minimum atomic E-state index is 0. The SMILES string of the molecule is CN=C(NCc1ccccc1OC1CCC1)NCC(c1cccs1)N1CCOCC1.I. The lowest BCUT2D eigenvalue weighted by Gasteiger charge is -2.34. The normalized spacial score (nSPS) is 18.5. The number of guanidine groups is 1. The molecule has 2 heterocycles. The Labute approximate surface area is 206 Å². The van der Waals surface area contributed by atoms with E-state index in [-0.39, 0.29) is 24.0 Å². The van der Waals surface area contributed by atoms with Gasteiger partial charge in [-0.2, -0.15) is 0 Å². The van der Waals surface area contributed by atoms with Crippen LogP contribution in [0.3, 0.4) is 0 Å². The number of para-hydroxylation sites is 1. The first-order chi connectivity index (χ1) is 14.8. The van der Waals surface area contributed by atoms with Crippen LogP contribution in [-0.4, -0.2) is 56.9 Å². The number of morpholine rings is 1. The van der Waals surface area contributed by atoms with Crippen LogP contribution in [-0.2, 0) is 11.3 Å². The van der Waals surface area contributed by atoms with Gasteiger partial charge in [0.1, 0.15) is 5.75 Å². The van der Waals surface area contributed by atoms with Gasteiger partial charge in [0.15, 0.2) is 5.96 Å². The van der Waals surface area contributed by atoms with E-state index in [0.29, 0.717) is 18.7 Å². The first-order valence-corrected chi connectivity index (χ1v) is 11.8. The van der Waals surface area contributed by atoms with Gasteiger partial charge >= 0.3 is 0 Å². The van der Waals surface area contributed by atoms with Crippen LogP contribution in [0.15, 0.2) is 46.8 Å². The van der Waals surface area contributed by atoms with Crippen molar-refractivity contribution in [2.24, 2.45) is 4.99 Å². The van der Waals surface area contributed by atoms with Gasteiger partial charge in [-0.3, -0.25) is 9.89 Å². The highest BCUT2D eigenvalue weighted by Crippen LogP contribution is 2.28. The molecule has 2 fully saturated rings. The number of thiophene rings is 1. The lowest BCUT2D eigenvalue weighted by Crippen LogP contribution is -2.46. The van der Waals surface area contributed by atoms with Crippen molar-refractivity contribution < 1.29 is 9.47 Å². The summed E-state index contributed by atoms with van der Waals surface area (Å²) in [6, 6.07) is 13.0. The van der Waals surface area contributed by atoms with E-state index in [4.69, 9.17) is 9.47 Å². The highest BCUT2D eigenvalue weighted by atomic mass is 127. The minimum absolute atomic E-state index is 0. The van der Waals surface area contributed by atoms with Crippen LogP contribution < -0.4 is 15.4 Å². The highest BCUT2D eigenvalue weighted by molar-refractivity contribution is 14.0. The zero-order valence-electron chi connectivity index (χ0n) is 18.1. The molecule has 1 unspecified atom stereocenters. The summed E-state index contributed by atoms with van der Waals surface area (Å²) < 4.78 is 11.7. The largest absolute Gasteiger partial charge is 0.490 e. The molecule has 1 aromatic carbocycles. The van der Waals surface area contributed by atoms with E-state index in [2.05, 4.69) is 56.2 Å². The molecule has 31 heavy (non-hydrogen) atoms. The quantitative estimate of drug-likeness (QED) is 0.292. The van der Waals surface area contributed by atoms with Gasteiger partial charge in [-0.15, -0.1) is 35.3 Å². The molecule has 2 aliphatic rings. The van der Waals surface area contributed by atoms with Gasteiger partial charge in [-0.25, -0.2) is 0 Å². The number of nitrogens with one attached hydrogen (secondary N) is 2. The van der Waals surface area contributed by atoms with E-state index < -0.39 is 0 Å². The number of aliphatic imine (C=N–C) groups is 1. The van der Waals surface area contributed by atoms with Gasteiger partial charge in [0.2, 0.25) is 0 Å². The third-order valence-electron chi connectivity index (χ3n) is 5.81. The molecule has 1 aliphatic carbocycles. The van der Waals surface area contributed by atoms with Crippen LogP contribution >= 0.6 is 35.3 Å². The summed E-state index contributed by atoms with van der Waals surface area (Å²) in [5.74, 6) is 1.79. The molecular formula is C23H33IN4O2S. The van der Waals surface area contributed by atoms with Crippen LogP contribution in [0.4, 0.5) is 0 Å². The maximum Gasteiger partial charge on any atom is 0.191 e. The second kappa shape index (κ2) is 12.6. The van der Waals surface area contributed by atoms with Crippen molar-refractivity contribution in [2.75, 3.05) is 39.9 Å². The molecule has 0 bridgehead atoms. The van der Waals surface area contributed by atoms with Crippen molar-refractivity contribution in [3.8, 4) is 5.75 Å². The van der Waals surface area contributed by atoms with Crippen molar-refractivity contribution in [3.63, 3.8) is 0 Å². The fraction of sp³-hybridized carbons (Fsp3) is 0.522. The Balaban J connectivity index is 0.00000272. The van der Waals surface area contributed by atoms with Crippen molar-refractivity contribution in [2.45, 2.75) is 38.0 Å². The van der Waals surface area contributed by atoms with Crippen molar-refractivity contribution in [1.82, 2.24) is 15.5 Å². The van der Waals surface area contributed by atoms with Crippen LogP contribution in [0.1, 0.15) is 35.7 Å². The molecule has 1 saturated carbocycles. The molecule has 170 valence electrons. The average molecular weight is 557 g/mol. The van der Waals surface area contributed by atoms with Crippen LogP contribution in [0.5, 0.6) is 5.75 Å². The topological polar surface area (TPSA) is 58.1 Å². The maximum absolute atomic E-state index is 6.16. The first-order valence-electron chi connectivity index (χ1n) is 10.9. The van der Waals surface area contributed by atoms with Gasteiger partial charge in [0.25, 0.3) is 0 Å². The molecule has 0 spiro atoms. The summed E-state index contributed by atoms with van der Waals surface area (Å²) >= 11 is 1.81. The predicted molar refractivity (Wildman–Crippen MR) is 138 cm³/mol. The summed E-state index contributed by atoms with van der Waals surface area (Å²) in [5, 5.41) is 9.14. The van der Waals surface area contributed by atoms with E-state index in [1.807, 2.05) is 24.5 Å². The minimum Gasteiger partial charge on any atom is -0.490 e. The number of hydrogen-bond donors (Lipinski definition) is 2. The number of halogens is 1. The Kier molecular flexibility index (Phi) is 9.89.